The van der Waals surface area contributed by atoms with Crippen LogP contribution in [0.15, 0.2) is 36.4 Å². The molecule has 1 aliphatic rings. The standard InChI is InChI=1S/C24H27NO6/c1-14(2)9-10-30-21-8-6-17(12-22(21)29-4)24(28)31-13-20(26)16-5-7-19-18(11-16)15(3)23(27)25-19/h5-8,11-12,14-15H,9-10,13H2,1-4H3,(H,25,27)/t15-/m1/s1. The van der Waals surface area contributed by atoms with E-state index in [0.717, 1.165) is 12.0 Å². The minimum absolute atomic E-state index is 0.100. The molecular formula is C24H27NO6. The highest BCUT2D eigenvalue weighted by atomic mass is 16.5. The Bertz CT molecular complexity index is 998. The second kappa shape index (κ2) is 9.64. The van der Waals surface area contributed by atoms with E-state index >= 15 is 0 Å². The molecule has 0 aliphatic carbocycles. The van der Waals surface area contributed by atoms with E-state index in [9.17, 15) is 14.4 Å². The summed E-state index contributed by atoms with van der Waals surface area (Å²) in [4.78, 5) is 36.7. The zero-order valence-electron chi connectivity index (χ0n) is 18.2. The van der Waals surface area contributed by atoms with Gasteiger partial charge in [-0.05, 0) is 61.2 Å². The van der Waals surface area contributed by atoms with Gasteiger partial charge >= 0.3 is 5.97 Å². The highest BCUT2D eigenvalue weighted by Crippen LogP contribution is 2.33. The number of esters is 1. The van der Waals surface area contributed by atoms with Crippen LogP contribution in [0.25, 0.3) is 0 Å². The number of rotatable bonds is 9. The number of methoxy groups -OCH3 is 1. The fourth-order valence-electron chi connectivity index (χ4n) is 3.21. The Balaban J connectivity index is 1.61. The molecule has 1 aliphatic heterocycles. The van der Waals surface area contributed by atoms with Gasteiger partial charge in [0.1, 0.15) is 0 Å². The van der Waals surface area contributed by atoms with Crippen LogP contribution in [0.3, 0.4) is 0 Å². The van der Waals surface area contributed by atoms with Gasteiger partial charge in [-0.1, -0.05) is 13.8 Å². The molecule has 0 saturated heterocycles. The molecule has 0 bridgehead atoms. The first-order valence-corrected chi connectivity index (χ1v) is 10.3. The van der Waals surface area contributed by atoms with Crippen molar-refractivity contribution in [2.45, 2.75) is 33.1 Å². The van der Waals surface area contributed by atoms with Gasteiger partial charge in [-0.15, -0.1) is 0 Å². The Morgan fingerprint density at radius 1 is 1.06 bits per heavy atom. The summed E-state index contributed by atoms with van der Waals surface area (Å²) in [6, 6.07) is 9.73. The van der Waals surface area contributed by atoms with Crippen molar-refractivity contribution in [3.8, 4) is 11.5 Å². The Hall–Kier alpha value is -3.35. The third-order valence-electron chi connectivity index (χ3n) is 5.18. The number of carbonyl (C=O) groups excluding carboxylic acids is 3. The van der Waals surface area contributed by atoms with Gasteiger partial charge in [0.15, 0.2) is 23.9 Å². The summed E-state index contributed by atoms with van der Waals surface area (Å²) in [6.07, 6.45) is 0.904. The Morgan fingerprint density at radius 3 is 2.52 bits per heavy atom. The van der Waals surface area contributed by atoms with Gasteiger partial charge in [-0.3, -0.25) is 9.59 Å². The minimum Gasteiger partial charge on any atom is -0.493 e. The molecule has 2 aromatic carbocycles. The van der Waals surface area contributed by atoms with Crippen LogP contribution >= 0.6 is 0 Å². The molecular weight excluding hydrogens is 398 g/mol. The molecule has 164 valence electrons. The second-order valence-electron chi connectivity index (χ2n) is 7.91. The first-order chi connectivity index (χ1) is 14.8. The maximum Gasteiger partial charge on any atom is 0.338 e. The number of Topliss-reactive ketones (excluding diaryl/α,β-unsaturated/α-hetero) is 1. The maximum absolute atomic E-state index is 12.5. The lowest BCUT2D eigenvalue weighted by Crippen LogP contribution is -2.14. The number of ketones is 1. The summed E-state index contributed by atoms with van der Waals surface area (Å²) < 4.78 is 16.2. The van der Waals surface area contributed by atoms with E-state index in [1.165, 1.54) is 13.2 Å². The van der Waals surface area contributed by atoms with Gasteiger partial charge < -0.3 is 19.5 Å². The van der Waals surface area contributed by atoms with Crippen molar-refractivity contribution in [3.05, 3.63) is 53.1 Å². The molecule has 0 fully saturated rings. The van der Waals surface area contributed by atoms with Gasteiger partial charge in [-0.25, -0.2) is 4.79 Å². The van der Waals surface area contributed by atoms with E-state index in [1.807, 2.05) is 0 Å². The van der Waals surface area contributed by atoms with Crippen molar-refractivity contribution in [2.75, 3.05) is 25.6 Å². The quantitative estimate of drug-likeness (QED) is 0.478. The number of ether oxygens (including phenoxy) is 3. The van der Waals surface area contributed by atoms with Crippen molar-refractivity contribution >= 4 is 23.3 Å². The first-order valence-electron chi connectivity index (χ1n) is 10.3. The molecule has 0 radical (unpaired) electrons. The van der Waals surface area contributed by atoms with Gasteiger partial charge in [-0.2, -0.15) is 0 Å². The van der Waals surface area contributed by atoms with Crippen LogP contribution in [0.2, 0.25) is 0 Å². The predicted octanol–water partition coefficient (Wildman–Crippen LogP) is 4.22. The average Bonchev–Trinajstić information content (AvgIpc) is 3.04. The first kappa shape index (κ1) is 22.3. The van der Waals surface area contributed by atoms with Crippen LogP contribution in [0.5, 0.6) is 11.5 Å². The van der Waals surface area contributed by atoms with Crippen molar-refractivity contribution < 1.29 is 28.6 Å². The third-order valence-corrected chi connectivity index (χ3v) is 5.18. The Labute approximate surface area is 181 Å². The van der Waals surface area contributed by atoms with Crippen LogP contribution in [0, 0.1) is 5.92 Å². The molecule has 1 heterocycles. The predicted molar refractivity (Wildman–Crippen MR) is 116 cm³/mol. The van der Waals surface area contributed by atoms with E-state index in [1.54, 1.807) is 37.3 Å². The summed E-state index contributed by atoms with van der Waals surface area (Å²) >= 11 is 0. The number of hydrogen-bond donors (Lipinski definition) is 1. The van der Waals surface area contributed by atoms with Gasteiger partial charge in [0.25, 0.3) is 0 Å². The smallest absolute Gasteiger partial charge is 0.338 e. The van der Waals surface area contributed by atoms with Crippen molar-refractivity contribution in [3.63, 3.8) is 0 Å². The zero-order chi connectivity index (χ0) is 22.5. The van der Waals surface area contributed by atoms with Crippen LogP contribution in [0.4, 0.5) is 5.69 Å². The molecule has 0 saturated carbocycles. The largest absolute Gasteiger partial charge is 0.493 e. The number of amides is 1. The van der Waals surface area contributed by atoms with Crippen LogP contribution < -0.4 is 14.8 Å². The van der Waals surface area contributed by atoms with E-state index < -0.39 is 12.6 Å². The molecule has 3 rings (SSSR count). The van der Waals surface area contributed by atoms with Crippen LogP contribution in [-0.4, -0.2) is 38.0 Å². The van der Waals surface area contributed by atoms with E-state index in [2.05, 4.69) is 19.2 Å². The highest BCUT2D eigenvalue weighted by Gasteiger charge is 2.27. The molecule has 0 unspecified atom stereocenters. The summed E-state index contributed by atoms with van der Waals surface area (Å²) in [5.74, 6) is 0.0922. The summed E-state index contributed by atoms with van der Waals surface area (Å²) in [7, 11) is 1.50. The number of benzene rings is 2. The topological polar surface area (TPSA) is 90.9 Å². The third kappa shape index (κ3) is 5.23. The summed E-state index contributed by atoms with van der Waals surface area (Å²) in [5, 5.41) is 2.76. The second-order valence-corrected chi connectivity index (χ2v) is 7.91. The number of hydrogen-bond acceptors (Lipinski definition) is 6. The number of carbonyl (C=O) groups is 3. The fourth-order valence-corrected chi connectivity index (χ4v) is 3.21. The number of nitrogens with one attached hydrogen (secondary N) is 1. The highest BCUT2D eigenvalue weighted by molar-refractivity contribution is 6.05. The van der Waals surface area contributed by atoms with E-state index in [0.29, 0.717) is 35.3 Å². The van der Waals surface area contributed by atoms with Crippen LogP contribution in [0.1, 0.15) is 59.4 Å². The molecule has 31 heavy (non-hydrogen) atoms. The Morgan fingerprint density at radius 2 is 1.81 bits per heavy atom. The number of anilines is 1. The zero-order valence-corrected chi connectivity index (χ0v) is 18.2. The van der Waals surface area contributed by atoms with Gasteiger partial charge in [0.2, 0.25) is 5.91 Å². The fraction of sp³-hybridized carbons (Fsp3) is 0.375. The van der Waals surface area contributed by atoms with Gasteiger partial charge in [0.05, 0.1) is 25.2 Å². The molecule has 0 spiro atoms. The van der Waals surface area contributed by atoms with Crippen LogP contribution in [-0.2, 0) is 9.53 Å². The lowest BCUT2D eigenvalue weighted by atomic mass is 9.99. The van der Waals surface area contributed by atoms with E-state index in [-0.39, 0.29) is 23.2 Å². The normalized spacial score (nSPS) is 14.7. The average molecular weight is 425 g/mol. The van der Waals surface area contributed by atoms with Crippen molar-refractivity contribution in [2.24, 2.45) is 5.92 Å². The molecule has 7 heteroatoms. The van der Waals surface area contributed by atoms with E-state index in [4.69, 9.17) is 14.2 Å². The Kier molecular flexibility index (Phi) is 6.95. The molecule has 1 N–H and O–H groups in total. The molecule has 2 aromatic rings. The lowest BCUT2D eigenvalue weighted by molar-refractivity contribution is -0.116. The summed E-state index contributed by atoms with van der Waals surface area (Å²) in [5.41, 5.74) is 2.12. The number of fused-ring (bicyclic) bond motifs is 1. The van der Waals surface area contributed by atoms with Crippen molar-refractivity contribution in [1.29, 1.82) is 0 Å². The van der Waals surface area contributed by atoms with Gasteiger partial charge in [0, 0.05) is 11.3 Å². The SMILES string of the molecule is COc1cc(C(=O)OCC(=O)c2ccc3c(c2)[C@@H](C)C(=O)N3)ccc1OCCC(C)C. The lowest BCUT2D eigenvalue weighted by Gasteiger charge is -2.13. The monoisotopic (exact) mass is 425 g/mol. The maximum atomic E-state index is 12.5. The minimum atomic E-state index is -0.633. The summed E-state index contributed by atoms with van der Waals surface area (Å²) in [6.45, 7) is 6.15. The molecule has 1 atom stereocenters. The molecule has 1 amide bonds. The van der Waals surface area contributed by atoms with Crippen molar-refractivity contribution in [1.82, 2.24) is 0 Å². The molecule has 0 aromatic heterocycles. The molecule has 7 nitrogen and oxygen atoms in total.